The number of aliphatic carboxylic acids is 1. The fourth-order valence-electron chi connectivity index (χ4n) is 4.06. The third-order valence-electron chi connectivity index (χ3n) is 5.83. The minimum atomic E-state index is -3.56. The average Bonchev–Trinajstić information content (AvgIpc) is 3.28. The molecule has 3 atom stereocenters. The van der Waals surface area contributed by atoms with Crippen LogP contribution in [0.5, 0.6) is 5.75 Å². The zero-order valence-corrected chi connectivity index (χ0v) is 18.7. The van der Waals surface area contributed by atoms with Crippen molar-refractivity contribution in [1.82, 2.24) is 9.78 Å². The molecule has 168 valence electrons. The number of aliphatic hydroxyl groups is 1. The van der Waals surface area contributed by atoms with Crippen LogP contribution in [-0.2, 0) is 17.4 Å². The highest BCUT2D eigenvalue weighted by Gasteiger charge is 2.57. The Kier molecular flexibility index (Phi) is 5.55. The fraction of sp³-hybridized carbons (Fsp3) is 0.304. The molecule has 2 N–H and O–H groups in total. The van der Waals surface area contributed by atoms with Crippen molar-refractivity contribution in [1.29, 1.82) is 0 Å². The number of alkyl halides is 2. The zero-order chi connectivity index (χ0) is 23.3. The maximum Gasteiger partial charge on any atom is 0.306 e. The molecule has 1 heterocycles. The van der Waals surface area contributed by atoms with E-state index in [-0.39, 0.29) is 29.9 Å². The van der Waals surface area contributed by atoms with Crippen LogP contribution in [0.1, 0.15) is 24.5 Å². The summed E-state index contributed by atoms with van der Waals surface area (Å²) in [6.07, 6.45) is 3.62. The van der Waals surface area contributed by atoms with Gasteiger partial charge in [0, 0.05) is 29.9 Å². The van der Waals surface area contributed by atoms with Gasteiger partial charge in [0.2, 0.25) is 0 Å². The maximum absolute atomic E-state index is 14.9. The predicted octanol–water partition coefficient (Wildman–Crippen LogP) is 4.26. The number of aryl methyl sites for hydroxylation is 1. The number of hydrogen-bond acceptors (Lipinski definition) is 4. The summed E-state index contributed by atoms with van der Waals surface area (Å²) < 4.78 is 37.1. The first-order chi connectivity index (χ1) is 15.0. The van der Waals surface area contributed by atoms with Gasteiger partial charge in [0.25, 0.3) is 5.66 Å². The highest BCUT2D eigenvalue weighted by atomic mass is 31.0. The fourth-order valence-corrected chi connectivity index (χ4v) is 4.37. The first-order valence-corrected chi connectivity index (χ1v) is 10.6. The van der Waals surface area contributed by atoms with Crippen LogP contribution in [0.4, 0.5) is 8.78 Å². The molecular weight excluding hydrogens is 437 g/mol. The lowest BCUT2D eigenvalue weighted by Gasteiger charge is -2.32. The van der Waals surface area contributed by atoms with E-state index in [0.29, 0.717) is 22.3 Å². The Labute approximate surface area is 186 Å². The van der Waals surface area contributed by atoms with Crippen LogP contribution in [0.3, 0.4) is 0 Å². The van der Waals surface area contributed by atoms with Crippen molar-refractivity contribution in [3.05, 3.63) is 59.9 Å². The molecule has 9 heteroatoms. The van der Waals surface area contributed by atoms with E-state index < -0.39 is 23.2 Å². The van der Waals surface area contributed by atoms with E-state index in [2.05, 4.69) is 5.10 Å². The monoisotopic (exact) mass is 460 g/mol. The molecule has 0 spiro atoms. The van der Waals surface area contributed by atoms with Crippen LogP contribution in [0.15, 0.2) is 48.8 Å². The van der Waals surface area contributed by atoms with Crippen molar-refractivity contribution >= 4 is 15.2 Å². The number of ether oxygens (including phenoxy) is 1. The second-order valence-electron chi connectivity index (χ2n) is 8.05. The summed E-state index contributed by atoms with van der Waals surface area (Å²) in [4.78, 5) is 11.1. The number of halogens is 2. The number of carboxylic acids is 1. The third-order valence-corrected chi connectivity index (χ3v) is 6.25. The van der Waals surface area contributed by atoms with Gasteiger partial charge >= 0.3 is 5.97 Å². The molecule has 0 radical (unpaired) electrons. The molecule has 1 aliphatic rings. The molecule has 0 saturated heterocycles. The summed E-state index contributed by atoms with van der Waals surface area (Å²) in [6.45, 7) is 1.65. The summed E-state index contributed by atoms with van der Waals surface area (Å²) in [7, 11) is 3.20. The standard InChI is InChI=1S/C23H23F2N2O4P/c1-13(21(28)29)7-8-31-15-9-17(14-11-26-27(2)12-14)20-16-5-3-4-6-18(16)22(30,19(20)10-15)23(24,25)32/h3-6,9-13,30H,7-8,32H2,1-2H3,(H,28,29). The summed E-state index contributed by atoms with van der Waals surface area (Å²) in [5.41, 5.74) is -3.72. The number of carboxylic acid groups (broad SMARTS) is 1. The van der Waals surface area contributed by atoms with Gasteiger partial charge < -0.3 is 14.9 Å². The number of fused-ring (bicyclic) bond motifs is 3. The topological polar surface area (TPSA) is 84.6 Å². The van der Waals surface area contributed by atoms with Gasteiger partial charge in [-0.25, -0.2) is 0 Å². The quantitative estimate of drug-likeness (QED) is 0.515. The summed E-state index contributed by atoms with van der Waals surface area (Å²) in [5, 5.41) is 24.7. The Hall–Kier alpha value is -2.83. The second kappa shape index (κ2) is 7.94. The van der Waals surface area contributed by atoms with Gasteiger partial charge in [-0.05, 0) is 35.2 Å². The Bertz CT molecular complexity index is 1190. The smallest absolute Gasteiger partial charge is 0.306 e. The molecule has 0 bridgehead atoms. The van der Waals surface area contributed by atoms with Gasteiger partial charge in [-0.2, -0.15) is 13.9 Å². The van der Waals surface area contributed by atoms with Crippen molar-refractivity contribution in [2.75, 3.05) is 6.61 Å². The highest BCUT2D eigenvalue weighted by Crippen LogP contribution is 2.59. The average molecular weight is 460 g/mol. The normalized spacial score (nSPS) is 18.2. The van der Waals surface area contributed by atoms with Gasteiger partial charge in [-0.15, -0.1) is 0 Å². The van der Waals surface area contributed by atoms with Crippen molar-refractivity contribution in [3.8, 4) is 28.0 Å². The molecular formula is C23H23F2N2O4P. The molecule has 0 fully saturated rings. The molecule has 4 rings (SSSR count). The molecule has 0 amide bonds. The molecule has 32 heavy (non-hydrogen) atoms. The van der Waals surface area contributed by atoms with Crippen molar-refractivity contribution < 1.29 is 28.5 Å². The van der Waals surface area contributed by atoms with E-state index in [0.717, 1.165) is 0 Å². The zero-order valence-electron chi connectivity index (χ0n) is 17.5. The number of rotatable bonds is 7. The molecule has 1 aromatic heterocycles. The summed E-state index contributed by atoms with van der Waals surface area (Å²) in [5.74, 6) is -1.29. The molecule has 6 nitrogen and oxygen atoms in total. The van der Waals surface area contributed by atoms with Crippen LogP contribution in [-0.4, -0.2) is 38.2 Å². The van der Waals surface area contributed by atoms with E-state index in [1.807, 2.05) is 0 Å². The van der Waals surface area contributed by atoms with Crippen LogP contribution in [0.2, 0.25) is 0 Å². The van der Waals surface area contributed by atoms with Gasteiger partial charge in [-0.1, -0.05) is 40.4 Å². The summed E-state index contributed by atoms with van der Waals surface area (Å²) >= 11 is 0. The largest absolute Gasteiger partial charge is 0.494 e. The summed E-state index contributed by atoms with van der Waals surface area (Å²) in [6, 6.07) is 9.68. The molecule has 1 aliphatic carbocycles. The van der Waals surface area contributed by atoms with E-state index in [1.165, 1.54) is 21.4 Å². The number of nitrogens with zero attached hydrogens (tertiary/aromatic N) is 2. The lowest BCUT2D eigenvalue weighted by atomic mass is 9.90. The van der Waals surface area contributed by atoms with Crippen LogP contribution in [0.25, 0.3) is 22.3 Å². The Morgan fingerprint density at radius 2 is 2.00 bits per heavy atom. The lowest BCUT2D eigenvalue weighted by molar-refractivity contribution is -0.141. The minimum Gasteiger partial charge on any atom is -0.494 e. The van der Waals surface area contributed by atoms with Crippen LogP contribution in [0, 0.1) is 5.92 Å². The number of aromatic nitrogens is 2. The maximum atomic E-state index is 14.9. The second-order valence-corrected chi connectivity index (χ2v) is 8.78. The Balaban J connectivity index is 1.89. The first kappa shape index (κ1) is 22.4. The van der Waals surface area contributed by atoms with Gasteiger partial charge in [-0.3, -0.25) is 9.48 Å². The Morgan fingerprint density at radius 1 is 1.28 bits per heavy atom. The molecule has 2 aromatic carbocycles. The van der Waals surface area contributed by atoms with Crippen molar-refractivity contribution in [2.24, 2.45) is 13.0 Å². The third kappa shape index (κ3) is 3.57. The number of hydrogen-bond donors (Lipinski definition) is 2. The first-order valence-electron chi connectivity index (χ1n) is 10.1. The van der Waals surface area contributed by atoms with E-state index in [1.54, 1.807) is 55.3 Å². The highest BCUT2D eigenvalue weighted by molar-refractivity contribution is 7.18. The molecule has 0 saturated carbocycles. The molecule has 3 aromatic rings. The van der Waals surface area contributed by atoms with Crippen LogP contribution < -0.4 is 4.74 Å². The number of carbonyl (C=O) groups is 1. The predicted molar refractivity (Wildman–Crippen MR) is 119 cm³/mol. The van der Waals surface area contributed by atoms with E-state index in [4.69, 9.17) is 9.84 Å². The van der Waals surface area contributed by atoms with Crippen LogP contribution >= 0.6 is 9.24 Å². The van der Waals surface area contributed by atoms with Crippen molar-refractivity contribution in [3.63, 3.8) is 0 Å². The molecule has 0 aliphatic heterocycles. The Morgan fingerprint density at radius 3 is 2.62 bits per heavy atom. The number of benzene rings is 2. The van der Waals surface area contributed by atoms with E-state index in [9.17, 15) is 18.7 Å². The van der Waals surface area contributed by atoms with Gasteiger partial charge in [0.1, 0.15) is 5.75 Å². The van der Waals surface area contributed by atoms with Gasteiger partial charge in [0.05, 0.1) is 18.7 Å². The lowest BCUT2D eigenvalue weighted by Crippen LogP contribution is -2.40. The minimum absolute atomic E-state index is 0.0290. The molecule has 3 unspecified atom stereocenters. The SMILES string of the molecule is CC(CCOc1cc(-c2cnn(C)c2)c2c(c1)C(O)(C(F)(F)P)c1ccccc1-2)C(=O)O. The van der Waals surface area contributed by atoms with Crippen molar-refractivity contribution in [2.45, 2.75) is 24.6 Å². The van der Waals surface area contributed by atoms with E-state index >= 15 is 0 Å². The van der Waals surface area contributed by atoms with Gasteiger partial charge in [0.15, 0.2) is 5.60 Å².